The molecule has 110 valence electrons. The molecule has 0 atom stereocenters. The van der Waals surface area contributed by atoms with Crippen LogP contribution in [-0.4, -0.2) is 18.1 Å². The largest absolute Gasteiger partial charge is 0.330 e. The molecule has 2 N–H and O–H groups in total. The normalized spacial score (nSPS) is 13.2. The van der Waals surface area contributed by atoms with Crippen LogP contribution < -0.4 is 10.6 Å². The lowest BCUT2D eigenvalue weighted by molar-refractivity contribution is 0.622. The van der Waals surface area contributed by atoms with Crippen molar-refractivity contribution in [3.63, 3.8) is 0 Å². The Balaban J connectivity index is 1.97. The lowest BCUT2D eigenvalue weighted by Gasteiger charge is -2.24. The summed E-state index contributed by atoms with van der Waals surface area (Å²) in [4.78, 5) is 6.67. The van der Waals surface area contributed by atoms with Crippen molar-refractivity contribution < 1.29 is 4.39 Å². The predicted octanol–water partition coefficient (Wildman–Crippen LogP) is 3.20. The van der Waals surface area contributed by atoms with Gasteiger partial charge in [0, 0.05) is 12.2 Å². The third kappa shape index (κ3) is 2.90. The van der Waals surface area contributed by atoms with E-state index in [9.17, 15) is 4.39 Å². The summed E-state index contributed by atoms with van der Waals surface area (Å²) < 4.78 is 14.1. The number of benzene rings is 1. The highest BCUT2D eigenvalue weighted by Gasteiger charge is 2.18. The second-order valence-corrected chi connectivity index (χ2v) is 5.37. The van der Waals surface area contributed by atoms with Crippen LogP contribution in [0.1, 0.15) is 24.1 Å². The Labute approximate surface area is 124 Å². The van der Waals surface area contributed by atoms with Crippen molar-refractivity contribution in [3.8, 4) is 0 Å². The molecule has 0 unspecified atom stereocenters. The fourth-order valence-electron chi connectivity index (χ4n) is 2.84. The van der Waals surface area contributed by atoms with Gasteiger partial charge in [0.05, 0.1) is 5.69 Å². The molecule has 0 spiro atoms. The number of anilines is 2. The zero-order valence-electron chi connectivity index (χ0n) is 12.1. The molecular weight excluding hydrogens is 265 g/mol. The highest BCUT2D eigenvalue weighted by atomic mass is 19.1. The quantitative estimate of drug-likeness (QED) is 0.917. The van der Waals surface area contributed by atoms with Gasteiger partial charge in [-0.1, -0.05) is 18.2 Å². The molecule has 0 saturated carbocycles. The molecule has 3 rings (SSSR count). The van der Waals surface area contributed by atoms with E-state index in [1.54, 1.807) is 12.1 Å². The lowest BCUT2D eigenvalue weighted by Crippen LogP contribution is -2.23. The maximum atomic E-state index is 14.1. The number of fused-ring (bicyclic) bond motifs is 1. The summed E-state index contributed by atoms with van der Waals surface area (Å²) in [7, 11) is 0. The van der Waals surface area contributed by atoms with Gasteiger partial charge in [-0.25, -0.2) is 9.37 Å². The number of aryl methyl sites for hydroxylation is 2. The van der Waals surface area contributed by atoms with Crippen molar-refractivity contribution in [2.24, 2.45) is 5.73 Å². The van der Waals surface area contributed by atoms with Gasteiger partial charge in [0.15, 0.2) is 0 Å². The Bertz CT molecular complexity index is 627. The molecule has 1 heterocycles. The van der Waals surface area contributed by atoms with E-state index in [4.69, 9.17) is 10.7 Å². The van der Waals surface area contributed by atoms with Crippen LogP contribution in [0.25, 0.3) is 0 Å². The van der Waals surface area contributed by atoms with E-state index in [1.165, 1.54) is 11.6 Å². The van der Waals surface area contributed by atoms with Gasteiger partial charge in [-0.2, -0.15) is 0 Å². The molecule has 0 amide bonds. The zero-order valence-corrected chi connectivity index (χ0v) is 12.1. The summed E-state index contributed by atoms with van der Waals surface area (Å²) in [5.74, 6) is 0.589. The minimum Gasteiger partial charge on any atom is -0.330 e. The molecule has 1 aliphatic rings. The molecule has 3 nitrogen and oxygen atoms in total. The van der Waals surface area contributed by atoms with Crippen LogP contribution in [0.4, 0.5) is 15.9 Å². The fraction of sp³-hybridized carbons (Fsp3) is 0.353. The average Bonchev–Trinajstić information content (AvgIpc) is 2.97. The molecule has 0 bridgehead atoms. The van der Waals surface area contributed by atoms with E-state index in [0.717, 1.165) is 37.2 Å². The minimum atomic E-state index is -0.225. The van der Waals surface area contributed by atoms with Gasteiger partial charge in [0.2, 0.25) is 0 Å². The van der Waals surface area contributed by atoms with Crippen molar-refractivity contribution in [3.05, 3.63) is 53.5 Å². The molecule has 1 aromatic heterocycles. The highest BCUT2D eigenvalue weighted by Crippen LogP contribution is 2.29. The van der Waals surface area contributed by atoms with Gasteiger partial charge < -0.3 is 10.6 Å². The number of nitrogens with two attached hydrogens (primary N) is 1. The molecule has 2 aromatic rings. The van der Waals surface area contributed by atoms with Crippen molar-refractivity contribution in [1.29, 1.82) is 0 Å². The zero-order chi connectivity index (χ0) is 14.7. The Morgan fingerprint density at radius 1 is 1.14 bits per heavy atom. The van der Waals surface area contributed by atoms with Crippen molar-refractivity contribution in [2.75, 3.05) is 18.0 Å². The van der Waals surface area contributed by atoms with Crippen LogP contribution in [0, 0.1) is 5.82 Å². The molecule has 0 radical (unpaired) electrons. The van der Waals surface area contributed by atoms with Gasteiger partial charge >= 0.3 is 0 Å². The third-order valence-corrected chi connectivity index (χ3v) is 3.92. The van der Waals surface area contributed by atoms with Gasteiger partial charge in [-0.3, -0.25) is 0 Å². The highest BCUT2D eigenvalue weighted by molar-refractivity contribution is 5.61. The van der Waals surface area contributed by atoms with E-state index < -0.39 is 0 Å². The van der Waals surface area contributed by atoms with Crippen LogP contribution >= 0.6 is 0 Å². The van der Waals surface area contributed by atoms with E-state index in [1.807, 2.05) is 17.0 Å². The Morgan fingerprint density at radius 3 is 2.81 bits per heavy atom. The number of halogens is 1. The maximum Gasteiger partial charge on any atom is 0.146 e. The second kappa shape index (κ2) is 6.22. The van der Waals surface area contributed by atoms with Gasteiger partial charge in [-0.05, 0) is 56.0 Å². The van der Waals surface area contributed by atoms with E-state index in [0.29, 0.717) is 18.8 Å². The van der Waals surface area contributed by atoms with E-state index >= 15 is 0 Å². The summed E-state index contributed by atoms with van der Waals surface area (Å²) in [6, 6.07) is 10.9. The topological polar surface area (TPSA) is 42.1 Å². The molecule has 1 aromatic carbocycles. The Hall–Kier alpha value is -1.94. The van der Waals surface area contributed by atoms with E-state index in [-0.39, 0.29) is 5.82 Å². The number of aromatic nitrogens is 1. The van der Waals surface area contributed by atoms with E-state index in [2.05, 4.69) is 6.07 Å². The van der Waals surface area contributed by atoms with Crippen LogP contribution in [0.5, 0.6) is 0 Å². The number of hydrogen-bond acceptors (Lipinski definition) is 3. The number of rotatable bonds is 5. The average molecular weight is 285 g/mol. The van der Waals surface area contributed by atoms with Gasteiger partial charge in [-0.15, -0.1) is 0 Å². The van der Waals surface area contributed by atoms with Gasteiger partial charge in [0.25, 0.3) is 0 Å². The van der Waals surface area contributed by atoms with Crippen LogP contribution in [0.2, 0.25) is 0 Å². The Kier molecular flexibility index (Phi) is 4.15. The predicted molar refractivity (Wildman–Crippen MR) is 83.3 cm³/mol. The molecule has 0 aliphatic heterocycles. The third-order valence-electron chi connectivity index (χ3n) is 3.92. The number of hydrogen-bond donors (Lipinski definition) is 1. The van der Waals surface area contributed by atoms with Gasteiger partial charge in [0.1, 0.15) is 11.6 Å². The summed E-state index contributed by atoms with van der Waals surface area (Å²) in [6.45, 7) is 1.25. The molecule has 0 saturated heterocycles. The smallest absolute Gasteiger partial charge is 0.146 e. The first kappa shape index (κ1) is 14.0. The monoisotopic (exact) mass is 285 g/mol. The van der Waals surface area contributed by atoms with Crippen molar-refractivity contribution in [2.45, 2.75) is 25.7 Å². The number of nitrogens with zero attached hydrogens (tertiary/aromatic N) is 2. The number of para-hydroxylation sites is 1. The standard InChI is InChI=1S/C17H20FN3/c18-14-6-1-2-8-16(14)21(12-4-11-19)17-10-9-13-5-3-7-15(13)20-17/h1-2,6,8-10H,3-5,7,11-12,19H2. The Morgan fingerprint density at radius 2 is 2.00 bits per heavy atom. The first-order chi connectivity index (χ1) is 10.3. The fourth-order valence-corrected chi connectivity index (χ4v) is 2.84. The molecule has 0 fully saturated rings. The summed E-state index contributed by atoms with van der Waals surface area (Å²) in [5.41, 5.74) is 8.67. The first-order valence-electron chi connectivity index (χ1n) is 7.50. The molecular formula is C17H20FN3. The number of pyridine rings is 1. The molecule has 1 aliphatic carbocycles. The van der Waals surface area contributed by atoms with Crippen molar-refractivity contribution in [1.82, 2.24) is 4.98 Å². The van der Waals surface area contributed by atoms with Crippen molar-refractivity contribution >= 4 is 11.5 Å². The summed E-state index contributed by atoms with van der Waals surface area (Å²) >= 11 is 0. The van der Waals surface area contributed by atoms with Crippen LogP contribution in [0.3, 0.4) is 0 Å². The minimum absolute atomic E-state index is 0.225. The molecule has 21 heavy (non-hydrogen) atoms. The van der Waals surface area contributed by atoms with Crippen LogP contribution in [0.15, 0.2) is 36.4 Å². The summed E-state index contributed by atoms with van der Waals surface area (Å²) in [6.07, 6.45) is 4.08. The SMILES string of the molecule is NCCCN(c1ccc2c(n1)CCC2)c1ccccc1F. The van der Waals surface area contributed by atoms with Crippen LogP contribution in [-0.2, 0) is 12.8 Å². The lowest BCUT2D eigenvalue weighted by atomic mass is 10.2. The second-order valence-electron chi connectivity index (χ2n) is 5.37. The molecule has 4 heteroatoms. The first-order valence-corrected chi connectivity index (χ1v) is 7.50. The summed E-state index contributed by atoms with van der Waals surface area (Å²) in [5, 5.41) is 0. The maximum absolute atomic E-state index is 14.1.